The third-order valence-electron chi connectivity index (χ3n) is 2.58. The number of carbonyl (C=O) groups excluding carboxylic acids is 1. The molecule has 1 amide bonds. The highest BCUT2D eigenvalue weighted by molar-refractivity contribution is 5.81. The second-order valence-electron chi connectivity index (χ2n) is 6.01. The van der Waals surface area contributed by atoms with E-state index < -0.39 is 0 Å². The number of hydrogen-bond donors (Lipinski definition) is 2. The molecule has 96 valence electrons. The molecule has 0 aliphatic rings. The maximum atomic E-state index is 11.9. The summed E-state index contributed by atoms with van der Waals surface area (Å²) >= 11 is 0. The molecule has 0 aromatic carbocycles. The monoisotopic (exact) mass is 228 g/mol. The first-order valence-corrected chi connectivity index (χ1v) is 6.26. The van der Waals surface area contributed by atoms with Gasteiger partial charge in [0.1, 0.15) is 0 Å². The van der Waals surface area contributed by atoms with Gasteiger partial charge in [-0.15, -0.1) is 0 Å². The SMILES string of the molecule is CCCCCNC(=O)C(C)(C)CC(C)(C)N. The Balaban J connectivity index is 4.05. The van der Waals surface area contributed by atoms with Crippen LogP contribution in [0, 0.1) is 5.41 Å². The van der Waals surface area contributed by atoms with Crippen molar-refractivity contribution in [1.82, 2.24) is 5.32 Å². The molecule has 0 bridgehead atoms. The Morgan fingerprint density at radius 2 is 1.75 bits per heavy atom. The van der Waals surface area contributed by atoms with Crippen LogP contribution < -0.4 is 11.1 Å². The van der Waals surface area contributed by atoms with Crippen LogP contribution in [0.2, 0.25) is 0 Å². The van der Waals surface area contributed by atoms with Gasteiger partial charge in [-0.3, -0.25) is 4.79 Å². The van der Waals surface area contributed by atoms with Gasteiger partial charge in [0.15, 0.2) is 0 Å². The molecular formula is C13H28N2O. The Labute approximate surface area is 100 Å². The van der Waals surface area contributed by atoms with E-state index in [0.29, 0.717) is 6.42 Å². The van der Waals surface area contributed by atoms with Gasteiger partial charge in [-0.2, -0.15) is 0 Å². The molecule has 0 rings (SSSR count). The summed E-state index contributed by atoms with van der Waals surface area (Å²) in [7, 11) is 0. The molecule has 3 N–H and O–H groups in total. The van der Waals surface area contributed by atoms with E-state index in [9.17, 15) is 4.79 Å². The Hall–Kier alpha value is -0.570. The fourth-order valence-electron chi connectivity index (χ4n) is 2.04. The lowest BCUT2D eigenvalue weighted by Crippen LogP contribution is -2.45. The number of amides is 1. The highest BCUT2D eigenvalue weighted by Crippen LogP contribution is 2.26. The lowest BCUT2D eigenvalue weighted by molar-refractivity contribution is -0.130. The van der Waals surface area contributed by atoms with Gasteiger partial charge in [-0.1, -0.05) is 33.6 Å². The van der Waals surface area contributed by atoms with Crippen LogP contribution in [0.1, 0.15) is 60.3 Å². The van der Waals surface area contributed by atoms with E-state index in [-0.39, 0.29) is 16.9 Å². The third kappa shape index (κ3) is 6.83. The lowest BCUT2D eigenvalue weighted by Gasteiger charge is -2.31. The van der Waals surface area contributed by atoms with Crippen LogP contribution in [0.3, 0.4) is 0 Å². The summed E-state index contributed by atoms with van der Waals surface area (Å²) in [5, 5.41) is 2.99. The van der Waals surface area contributed by atoms with Crippen LogP contribution in [-0.4, -0.2) is 18.0 Å². The normalized spacial score (nSPS) is 12.6. The zero-order valence-electron chi connectivity index (χ0n) is 11.5. The summed E-state index contributed by atoms with van der Waals surface area (Å²) in [6.07, 6.45) is 4.10. The lowest BCUT2D eigenvalue weighted by atomic mass is 9.80. The standard InChI is InChI=1S/C13H28N2O/c1-6-7-8-9-15-11(16)12(2,3)10-13(4,5)14/h6-10,14H2,1-5H3,(H,15,16). The van der Waals surface area contributed by atoms with Crippen molar-refractivity contribution in [2.75, 3.05) is 6.54 Å². The van der Waals surface area contributed by atoms with E-state index in [1.807, 2.05) is 27.7 Å². The quantitative estimate of drug-likeness (QED) is 0.658. The average Bonchev–Trinajstić information content (AvgIpc) is 2.08. The van der Waals surface area contributed by atoms with Gasteiger partial charge in [-0.25, -0.2) is 0 Å². The van der Waals surface area contributed by atoms with Crippen LogP contribution in [0.25, 0.3) is 0 Å². The summed E-state index contributed by atoms with van der Waals surface area (Å²) in [5.74, 6) is 0.113. The number of nitrogens with two attached hydrogens (primary N) is 1. The molecule has 0 unspecified atom stereocenters. The van der Waals surface area contributed by atoms with Gasteiger partial charge < -0.3 is 11.1 Å². The van der Waals surface area contributed by atoms with Crippen molar-refractivity contribution in [3.8, 4) is 0 Å². The summed E-state index contributed by atoms with van der Waals surface area (Å²) < 4.78 is 0. The fourth-order valence-corrected chi connectivity index (χ4v) is 2.04. The molecule has 0 aliphatic heterocycles. The van der Waals surface area contributed by atoms with Crippen molar-refractivity contribution in [2.45, 2.75) is 65.8 Å². The maximum Gasteiger partial charge on any atom is 0.225 e. The first-order chi connectivity index (χ1) is 7.19. The van der Waals surface area contributed by atoms with Gasteiger partial charge >= 0.3 is 0 Å². The first-order valence-electron chi connectivity index (χ1n) is 6.26. The van der Waals surface area contributed by atoms with E-state index in [4.69, 9.17) is 5.73 Å². The Bertz CT molecular complexity index is 216. The molecule has 3 heteroatoms. The molecule has 0 radical (unpaired) electrons. The minimum Gasteiger partial charge on any atom is -0.356 e. The van der Waals surface area contributed by atoms with Crippen molar-refractivity contribution >= 4 is 5.91 Å². The smallest absolute Gasteiger partial charge is 0.225 e. The second-order valence-corrected chi connectivity index (χ2v) is 6.01. The van der Waals surface area contributed by atoms with Crippen molar-refractivity contribution in [3.63, 3.8) is 0 Å². The third-order valence-corrected chi connectivity index (χ3v) is 2.58. The molecule has 0 aromatic rings. The Morgan fingerprint density at radius 3 is 2.19 bits per heavy atom. The molecule has 0 aliphatic carbocycles. The van der Waals surface area contributed by atoms with Crippen LogP contribution >= 0.6 is 0 Å². The van der Waals surface area contributed by atoms with Crippen LogP contribution in [0.5, 0.6) is 0 Å². The molecule has 0 saturated heterocycles. The van der Waals surface area contributed by atoms with E-state index >= 15 is 0 Å². The molecular weight excluding hydrogens is 200 g/mol. The molecule has 3 nitrogen and oxygen atoms in total. The number of unbranched alkanes of at least 4 members (excludes halogenated alkanes) is 2. The fraction of sp³-hybridized carbons (Fsp3) is 0.923. The minimum atomic E-state index is -0.384. The van der Waals surface area contributed by atoms with Gasteiger partial charge in [-0.05, 0) is 26.7 Å². The molecule has 0 aromatic heterocycles. The van der Waals surface area contributed by atoms with Gasteiger partial charge in [0, 0.05) is 17.5 Å². The predicted octanol–water partition coefficient (Wildman–Crippen LogP) is 2.45. The van der Waals surface area contributed by atoms with Crippen LogP contribution in [0.4, 0.5) is 0 Å². The number of hydrogen-bond acceptors (Lipinski definition) is 2. The van der Waals surface area contributed by atoms with Gasteiger partial charge in [0.25, 0.3) is 0 Å². The summed E-state index contributed by atoms with van der Waals surface area (Å²) in [6.45, 7) is 10.8. The van der Waals surface area contributed by atoms with Crippen LogP contribution in [0.15, 0.2) is 0 Å². The highest BCUT2D eigenvalue weighted by Gasteiger charge is 2.32. The van der Waals surface area contributed by atoms with Gasteiger partial charge in [0.05, 0.1) is 0 Å². The van der Waals surface area contributed by atoms with E-state index in [0.717, 1.165) is 13.0 Å². The Morgan fingerprint density at radius 1 is 1.19 bits per heavy atom. The zero-order valence-corrected chi connectivity index (χ0v) is 11.5. The van der Waals surface area contributed by atoms with E-state index in [1.54, 1.807) is 0 Å². The number of rotatable bonds is 7. The topological polar surface area (TPSA) is 55.1 Å². The molecule has 0 saturated carbocycles. The van der Waals surface area contributed by atoms with Crippen molar-refractivity contribution in [3.05, 3.63) is 0 Å². The van der Waals surface area contributed by atoms with E-state index in [1.165, 1.54) is 12.8 Å². The Kier molecular flexibility index (Phi) is 6.01. The average molecular weight is 228 g/mol. The molecule has 0 atom stereocenters. The second kappa shape index (κ2) is 6.24. The molecule has 0 heterocycles. The minimum absolute atomic E-state index is 0.113. The predicted molar refractivity (Wildman–Crippen MR) is 69.2 cm³/mol. The van der Waals surface area contributed by atoms with Crippen molar-refractivity contribution in [1.29, 1.82) is 0 Å². The molecule has 0 spiro atoms. The van der Waals surface area contributed by atoms with Gasteiger partial charge in [0.2, 0.25) is 5.91 Å². The van der Waals surface area contributed by atoms with Crippen molar-refractivity contribution < 1.29 is 4.79 Å². The van der Waals surface area contributed by atoms with Crippen molar-refractivity contribution in [2.24, 2.45) is 11.1 Å². The highest BCUT2D eigenvalue weighted by atomic mass is 16.2. The summed E-state index contributed by atoms with van der Waals surface area (Å²) in [6, 6.07) is 0. The number of carbonyl (C=O) groups is 1. The maximum absolute atomic E-state index is 11.9. The van der Waals surface area contributed by atoms with E-state index in [2.05, 4.69) is 12.2 Å². The summed E-state index contributed by atoms with van der Waals surface area (Å²) in [5.41, 5.74) is 5.27. The zero-order chi connectivity index (χ0) is 12.8. The molecule has 0 fully saturated rings. The molecule has 16 heavy (non-hydrogen) atoms. The first kappa shape index (κ1) is 15.4. The summed E-state index contributed by atoms with van der Waals surface area (Å²) in [4.78, 5) is 11.9. The number of nitrogens with one attached hydrogen (secondary N) is 1. The largest absolute Gasteiger partial charge is 0.356 e. The van der Waals surface area contributed by atoms with Crippen LogP contribution in [-0.2, 0) is 4.79 Å².